The molecule has 3 nitrogen and oxygen atoms in total. The van der Waals surface area contributed by atoms with Crippen LogP contribution in [0.2, 0.25) is 0 Å². The second kappa shape index (κ2) is 3.62. The number of hydrogen-bond donors (Lipinski definition) is 2. The third kappa shape index (κ3) is 3.88. The van der Waals surface area contributed by atoms with Gasteiger partial charge >= 0.3 is 0 Å². The molecule has 0 radical (unpaired) electrons. The normalized spacial score (nSPS) is 16.3. The van der Waals surface area contributed by atoms with Crippen molar-refractivity contribution >= 4 is 0 Å². The number of ether oxygens (including phenoxy) is 1. The molecular formula is C8H16O3. The Bertz CT molecular complexity index is 144. The van der Waals surface area contributed by atoms with Gasteiger partial charge in [0.2, 0.25) is 0 Å². The Balaban J connectivity index is 4.17. The van der Waals surface area contributed by atoms with Crippen molar-refractivity contribution in [2.75, 3.05) is 7.11 Å². The van der Waals surface area contributed by atoms with Gasteiger partial charge in [-0.25, -0.2) is 0 Å². The predicted octanol–water partition coefficient (Wildman–Crippen LogP) is 1.44. The molecule has 2 N–H and O–H groups in total. The predicted molar refractivity (Wildman–Crippen MR) is 43.2 cm³/mol. The summed E-state index contributed by atoms with van der Waals surface area (Å²) in [6.07, 6.45) is 0.586. The van der Waals surface area contributed by atoms with Crippen LogP contribution >= 0.6 is 0 Å². The van der Waals surface area contributed by atoms with E-state index in [-0.39, 0.29) is 11.4 Å². The monoisotopic (exact) mass is 160 g/mol. The molecule has 0 amide bonds. The van der Waals surface area contributed by atoms with Gasteiger partial charge in [-0.05, 0) is 5.41 Å². The molecule has 0 aromatic rings. The molecule has 0 fully saturated rings. The molecule has 0 rings (SSSR count). The van der Waals surface area contributed by atoms with E-state index in [0.29, 0.717) is 0 Å². The highest BCUT2D eigenvalue weighted by Crippen LogP contribution is 2.20. The Morgan fingerprint density at radius 3 is 2.18 bits per heavy atom. The van der Waals surface area contributed by atoms with Gasteiger partial charge in [-0.3, -0.25) is 0 Å². The van der Waals surface area contributed by atoms with E-state index in [9.17, 15) is 5.11 Å². The third-order valence-electron chi connectivity index (χ3n) is 1.40. The second-order valence-electron chi connectivity index (χ2n) is 3.52. The molecule has 0 spiro atoms. The van der Waals surface area contributed by atoms with E-state index < -0.39 is 6.10 Å². The van der Waals surface area contributed by atoms with Crippen LogP contribution in [0.3, 0.4) is 0 Å². The van der Waals surface area contributed by atoms with Crippen LogP contribution in [0.5, 0.6) is 0 Å². The molecule has 1 atom stereocenters. The van der Waals surface area contributed by atoms with Crippen LogP contribution in [0.1, 0.15) is 20.8 Å². The van der Waals surface area contributed by atoms with Gasteiger partial charge in [-0.2, -0.15) is 0 Å². The Kier molecular flexibility index (Phi) is 3.39. The molecule has 0 aliphatic carbocycles. The zero-order chi connectivity index (χ0) is 9.07. The number of methoxy groups -OCH3 is 1. The van der Waals surface area contributed by atoms with E-state index in [4.69, 9.17) is 5.11 Å². The van der Waals surface area contributed by atoms with Crippen molar-refractivity contribution in [3.05, 3.63) is 12.0 Å². The van der Waals surface area contributed by atoms with Gasteiger partial charge in [0.1, 0.15) is 0 Å². The molecule has 0 bridgehead atoms. The highest BCUT2D eigenvalue weighted by atomic mass is 16.6. The average molecular weight is 160 g/mol. The van der Waals surface area contributed by atoms with E-state index in [1.807, 2.05) is 20.8 Å². The summed E-state index contributed by atoms with van der Waals surface area (Å²) in [5, 5.41) is 18.2. The molecule has 0 saturated carbocycles. The zero-order valence-electron chi connectivity index (χ0n) is 7.46. The number of rotatable bonds is 2. The lowest BCUT2D eigenvalue weighted by Crippen LogP contribution is -2.24. The van der Waals surface area contributed by atoms with Gasteiger partial charge in [0, 0.05) is 6.08 Å². The molecule has 0 aromatic heterocycles. The van der Waals surface area contributed by atoms with E-state index in [1.54, 1.807) is 0 Å². The van der Waals surface area contributed by atoms with Crippen molar-refractivity contribution in [3.8, 4) is 0 Å². The van der Waals surface area contributed by atoms with Gasteiger partial charge < -0.3 is 14.9 Å². The standard InChI is InChI=1S/C8H16O3/c1-8(2,3)6(9)5-7(10)11-4/h5-6,9-10H,1-4H3. The van der Waals surface area contributed by atoms with E-state index in [2.05, 4.69) is 4.74 Å². The summed E-state index contributed by atoms with van der Waals surface area (Å²) in [6, 6.07) is 0. The number of hydrogen-bond acceptors (Lipinski definition) is 3. The van der Waals surface area contributed by atoms with Crippen LogP contribution in [0, 0.1) is 5.41 Å². The van der Waals surface area contributed by atoms with Gasteiger partial charge in [-0.15, -0.1) is 0 Å². The summed E-state index contributed by atoms with van der Waals surface area (Å²) in [4.78, 5) is 0. The molecule has 3 heteroatoms. The van der Waals surface area contributed by atoms with Crippen LogP contribution in [-0.2, 0) is 4.74 Å². The number of aliphatic hydroxyl groups excluding tert-OH is 2. The summed E-state index contributed by atoms with van der Waals surface area (Å²) in [5.74, 6) is -0.243. The molecule has 1 unspecified atom stereocenters. The zero-order valence-corrected chi connectivity index (χ0v) is 7.46. The van der Waals surface area contributed by atoms with Crippen LogP contribution in [0.25, 0.3) is 0 Å². The fourth-order valence-electron chi connectivity index (χ4n) is 0.453. The maximum Gasteiger partial charge on any atom is 0.274 e. The van der Waals surface area contributed by atoms with Crippen molar-refractivity contribution in [3.63, 3.8) is 0 Å². The van der Waals surface area contributed by atoms with E-state index >= 15 is 0 Å². The van der Waals surface area contributed by atoms with Crippen molar-refractivity contribution < 1.29 is 14.9 Å². The lowest BCUT2D eigenvalue weighted by molar-refractivity contribution is 0.0809. The van der Waals surface area contributed by atoms with E-state index in [0.717, 1.165) is 0 Å². The first-order chi connectivity index (χ1) is 4.88. The fraction of sp³-hybridized carbons (Fsp3) is 0.750. The minimum absolute atomic E-state index is 0.243. The molecule has 66 valence electrons. The maximum absolute atomic E-state index is 9.37. The van der Waals surface area contributed by atoms with Gasteiger partial charge in [0.15, 0.2) is 0 Å². The molecule has 0 aliphatic rings. The van der Waals surface area contributed by atoms with E-state index in [1.165, 1.54) is 13.2 Å². The van der Waals surface area contributed by atoms with Crippen molar-refractivity contribution in [1.29, 1.82) is 0 Å². The van der Waals surface area contributed by atoms with Gasteiger partial charge in [-0.1, -0.05) is 20.8 Å². The molecule has 0 heterocycles. The first-order valence-corrected chi connectivity index (χ1v) is 3.50. The smallest absolute Gasteiger partial charge is 0.274 e. The Morgan fingerprint density at radius 1 is 1.45 bits per heavy atom. The highest BCUT2D eigenvalue weighted by Gasteiger charge is 2.20. The molecule has 0 aromatic carbocycles. The highest BCUT2D eigenvalue weighted by molar-refractivity contribution is 4.94. The second-order valence-corrected chi connectivity index (χ2v) is 3.52. The largest absolute Gasteiger partial charge is 0.481 e. The maximum atomic E-state index is 9.37. The third-order valence-corrected chi connectivity index (χ3v) is 1.40. The molecule has 0 aliphatic heterocycles. The van der Waals surface area contributed by atoms with Crippen LogP contribution in [0.4, 0.5) is 0 Å². The summed E-state index contributed by atoms with van der Waals surface area (Å²) < 4.78 is 4.47. The van der Waals surface area contributed by atoms with Crippen molar-refractivity contribution in [2.45, 2.75) is 26.9 Å². The molecular weight excluding hydrogens is 144 g/mol. The fourth-order valence-corrected chi connectivity index (χ4v) is 0.453. The summed E-state index contributed by atoms with van der Waals surface area (Å²) >= 11 is 0. The minimum atomic E-state index is -0.692. The van der Waals surface area contributed by atoms with Crippen molar-refractivity contribution in [1.82, 2.24) is 0 Å². The number of aliphatic hydroxyl groups is 2. The molecule has 0 saturated heterocycles. The van der Waals surface area contributed by atoms with Crippen LogP contribution in [-0.4, -0.2) is 23.4 Å². The first-order valence-electron chi connectivity index (χ1n) is 3.50. The Morgan fingerprint density at radius 2 is 1.91 bits per heavy atom. The van der Waals surface area contributed by atoms with Crippen LogP contribution in [0.15, 0.2) is 12.0 Å². The van der Waals surface area contributed by atoms with Crippen LogP contribution < -0.4 is 0 Å². The van der Waals surface area contributed by atoms with Gasteiger partial charge in [0.05, 0.1) is 13.2 Å². The lowest BCUT2D eigenvalue weighted by Gasteiger charge is -2.22. The Hall–Kier alpha value is -0.700. The lowest BCUT2D eigenvalue weighted by atomic mass is 9.89. The average Bonchev–Trinajstić information content (AvgIpc) is 1.85. The topological polar surface area (TPSA) is 49.7 Å². The summed E-state index contributed by atoms with van der Waals surface area (Å²) in [6.45, 7) is 5.62. The first kappa shape index (κ1) is 10.3. The molecule has 11 heavy (non-hydrogen) atoms. The Labute approximate surface area is 67.3 Å². The quantitative estimate of drug-likeness (QED) is 0.601. The van der Waals surface area contributed by atoms with Gasteiger partial charge in [0.25, 0.3) is 5.95 Å². The summed E-state index contributed by atoms with van der Waals surface area (Å²) in [7, 11) is 1.35. The van der Waals surface area contributed by atoms with Crippen molar-refractivity contribution in [2.24, 2.45) is 5.41 Å². The SMILES string of the molecule is COC(O)=CC(O)C(C)(C)C. The minimum Gasteiger partial charge on any atom is -0.481 e. The summed E-state index contributed by atoms with van der Waals surface area (Å²) in [5.41, 5.74) is -0.271.